The highest BCUT2D eigenvalue weighted by Gasteiger charge is 2.31. The molecule has 1 heterocycles. The molecule has 1 aromatic carbocycles. The maximum absolute atomic E-state index is 13.0. The third kappa shape index (κ3) is 5.63. The lowest BCUT2D eigenvalue weighted by Gasteiger charge is -2.32. The Balaban J connectivity index is 1.72. The molecular weight excluding hydrogens is 381 g/mol. The van der Waals surface area contributed by atoms with Crippen molar-refractivity contribution in [2.45, 2.75) is 44.9 Å². The number of hydrogen-bond donors (Lipinski definition) is 0. The minimum absolute atomic E-state index is 0.101. The number of carbonyl (C=O) groups excluding carboxylic acids is 1. The van der Waals surface area contributed by atoms with Crippen LogP contribution in [-0.4, -0.2) is 35.6 Å². The Hall–Kier alpha value is -2.28. The topological polar surface area (TPSA) is 34.5 Å². The van der Waals surface area contributed by atoms with E-state index in [-0.39, 0.29) is 11.8 Å². The molecule has 158 valence electrons. The third-order valence-electron chi connectivity index (χ3n) is 5.43. The largest absolute Gasteiger partial charge is 0.416 e. The normalized spacial score (nSPS) is 14.6. The van der Waals surface area contributed by atoms with Gasteiger partial charge in [-0.2, -0.15) is 13.2 Å². The van der Waals surface area contributed by atoms with Gasteiger partial charge < -0.3 is 14.2 Å². The summed E-state index contributed by atoms with van der Waals surface area (Å²) in [6, 6.07) is 9.16. The van der Waals surface area contributed by atoms with Crippen molar-refractivity contribution in [1.82, 2.24) is 9.47 Å². The molecule has 1 fully saturated rings. The quantitative estimate of drug-likeness (QED) is 0.563. The monoisotopic (exact) mass is 408 g/mol. The molecule has 1 saturated carbocycles. The fraction of sp³-hybridized carbons (Fsp3) is 0.500. The summed E-state index contributed by atoms with van der Waals surface area (Å²) < 4.78 is 46.0. The molecule has 0 aliphatic heterocycles. The molecule has 2 aromatic rings. The molecule has 0 spiro atoms. The van der Waals surface area contributed by atoms with E-state index in [4.69, 9.17) is 4.74 Å². The van der Waals surface area contributed by atoms with E-state index < -0.39 is 11.7 Å². The van der Waals surface area contributed by atoms with Crippen LogP contribution < -0.4 is 0 Å². The Morgan fingerprint density at radius 1 is 1.24 bits per heavy atom. The molecule has 1 aliphatic carbocycles. The molecule has 3 rings (SSSR count). The average Bonchev–Trinajstić information content (AvgIpc) is 3.06. The van der Waals surface area contributed by atoms with Crippen LogP contribution in [-0.2, 0) is 28.8 Å². The van der Waals surface area contributed by atoms with E-state index in [1.54, 1.807) is 13.2 Å². The minimum Gasteiger partial charge on any atom is -0.385 e. The molecule has 1 aromatic heterocycles. The van der Waals surface area contributed by atoms with Crippen molar-refractivity contribution in [2.75, 3.05) is 20.3 Å². The van der Waals surface area contributed by atoms with Crippen LogP contribution in [0.2, 0.25) is 0 Å². The maximum Gasteiger partial charge on any atom is 0.416 e. The molecule has 1 aliphatic rings. The van der Waals surface area contributed by atoms with Gasteiger partial charge in [0.05, 0.1) is 12.1 Å². The van der Waals surface area contributed by atoms with Crippen LogP contribution >= 0.6 is 0 Å². The number of ether oxygens (including phenoxy) is 1. The number of amides is 1. The third-order valence-corrected chi connectivity index (χ3v) is 5.43. The van der Waals surface area contributed by atoms with Crippen molar-refractivity contribution >= 4 is 5.91 Å². The van der Waals surface area contributed by atoms with Crippen molar-refractivity contribution < 1.29 is 22.7 Å². The Bertz CT molecular complexity index is 812. The van der Waals surface area contributed by atoms with Crippen molar-refractivity contribution in [2.24, 2.45) is 5.92 Å². The van der Waals surface area contributed by atoms with Gasteiger partial charge in [0.25, 0.3) is 0 Å². The molecule has 29 heavy (non-hydrogen) atoms. The van der Waals surface area contributed by atoms with Crippen molar-refractivity contribution in [3.63, 3.8) is 0 Å². The van der Waals surface area contributed by atoms with Gasteiger partial charge in [-0.05, 0) is 49.1 Å². The second-order valence-electron chi connectivity index (χ2n) is 7.56. The van der Waals surface area contributed by atoms with Crippen LogP contribution in [0.5, 0.6) is 0 Å². The zero-order valence-electron chi connectivity index (χ0n) is 16.6. The van der Waals surface area contributed by atoms with Crippen LogP contribution in [0.15, 0.2) is 42.6 Å². The van der Waals surface area contributed by atoms with Gasteiger partial charge in [0.2, 0.25) is 5.91 Å². The molecule has 0 saturated heterocycles. The lowest BCUT2D eigenvalue weighted by atomic mass is 9.84. The van der Waals surface area contributed by atoms with E-state index in [0.717, 1.165) is 37.4 Å². The van der Waals surface area contributed by atoms with Gasteiger partial charge in [-0.25, -0.2) is 0 Å². The van der Waals surface area contributed by atoms with Crippen LogP contribution in [0.4, 0.5) is 13.2 Å². The van der Waals surface area contributed by atoms with Crippen molar-refractivity contribution in [3.8, 4) is 0 Å². The Labute approximate surface area is 169 Å². The van der Waals surface area contributed by atoms with Gasteiger partial charge in [0.15, 0.2) is 0 Å². The average molecular weight is 408 g/mol. The maximum atomic E-state index is 13.0. The first kappa shape index (κ1) is 21.4. The summed E-state index contributed by atoms with van der Waals surface area (Å²) in [7, 11) is 1.64. The SMILES string of the molecule is COCCCN(Cc1cccn1Cc1cccc(C(F)(F)F)c1)C(=O)C1CCC1. The highest BCUT2D eigenvalue weighted by molar-refractivity contribution is 5.79. The highest BCUT2D eigenvalue weighted by atomic mass is 19.4. The van der Waals surface area contributed by atoms with E-state index in [1.807, 2.05) is 27.8 Å². The number of hydrogen-bond acceptors (Lipinski definition) is 2. The van der Waals surface area contributed by atoms with Gasteiger partial charge in [-0.3, -0.25) is 4.79 Å². The number of aromatic nitrogens is 1. The predicted octanol–water partition coefficient (Wildman–Crippen LogP) is 4.72. The van der Waals surface area contributed by atoms with Crippen molar-refractivity contribution in [3.05, 3.63) is 59.4 Å². The summed E-state index contributed by atoms with van der Waals surface area (Å²) in [6.07, 6.45) is 1.20. The first-order chi connectivity index (χ1) is 13.9. The Morgan fingerprint density at radius 3 is 2.69 bits per heavy atom. The molecule has 0 radical (unpaired) electrons. The molecule has 7 heteroatoms. The van der Waals surface area contributed by atoms with E-state index in [1.165, 1.54) is 12.1 Å². The zero-order valence-corrected chi connectivity index (χ0v) is 16.6. The molecule has 1 amide bonds. The number of benzene rings is 1. The fourth-order valence-corrected chi connectivity index (χ4v) is 3.57. The van der Waals surface area contributed by atoms with Crippen molar-refractivity contribution in [1.29, 1.82) is 0 Å². The Morgan fingerprint density at radius 2 is 2.03 bits per heavy atom. The van der Waals surface area contributed by atoms with E-state index >= 15 is 0 Å². The molecular formula is C22H27F3N2O2. The molecule has 0 atom stereocenters. The van der Waals surface area contributed by atoms with Gasteiger partial charge in [0, 0.05) is 44.6 Å². The predicted molar refractivity (Wildman–Crippen MR) is 104 cm³/mol. The van der Waals surface area contributed by atoms with Gasteiger partial charge in [-0.15, -0.1) is 0 Å². The van der Waals surface area contributed by atoms with Crippen LogP contribution in [0.25, 0.3) is 0 Å². The summed E-state index contributed by atoms with van der Waals surface area (Å²) in [6.45, 7) is 1.97. The number of halogens is 3. The first-order valence-corrected chi connectivity index (χ1v) is 9.96. The highest BCUT2D eigenvalue weighted by Crippen LogP contribution is 2.30. The summed E-state index contributed by atoms with van der Waals surface area (Å²) in [4.78, 5) is 14.7. The molecule has 0 bridgehead atoms. The number of methoxy groups -OCH3 is 1. The number of rotatable bonds is 9. The standard InChI is InChI=1S/C22H27F3N2O2/c1-29-13-5-12-27(21(28)18-7-3-8-18)16-20-10-4-11-26(20)15-17-6-2-9-19(14-17)22(23,24)25/h2,4,6,9-11,14,18H,3,5,7-8,12-13,15-16H2,1H3. The molecule has 0 N–H and O–H groups in total. The van der Waals surface area contributed by atoms with Crippen LogP contribution in [0.3, 0.4) is 0 Å². The summed E-state index contributed by atoms with van der Waals surface area (Å²) in [5.74, 6) is 0.267. The second kappa shape index (κ2) is 9.48. The minimum atomic E-state index is -4.36. The molecule has 0 unspecified atom stereocenters. The number of nitrogens with zero attached hydrogens (tertiary/aromatic N) is 2. The van der Waals surface area contributed by atoms with Gasteiger partial charge >= 0.3 is 6.18 Å². The fourth-order valence-electron chi connectivity index (χ4n) is 3.57. The van der Waals surface area contributed by atoms with Gasteiger partial charge in [0.1, 0.15) is 0 Å². The van der Waals surface area contributed by atoms with E-state index in [9.17, 15) is 18.0 Å². The van der Waals surface area contributed by atoms with E-state index in [2.05, 4.69) is 0 Å². The summed E-state index contributed by atoms with van der Waals surface area (Å²) >= 11 is 0. The number of alkyl halides is 3. The zero-order chi connectivity index (χ0) is 20.9. The summed E-state index contributed by atoms with van der Waals surface area (Å²) in [5, 5.41) is 0. The van der Waals surface area contributed by atoms with E-state index in [0.29, 0.717) is 31.8 Å². The first-order valence-electron chi connectivity index (χ1n) is 9.96. The number of carbonyl (C=O) groups is 1. The lowest BCUT2D eigenvalue weighted by molar-refractivity contribution is -0.139. The lowest BCUT2D eigenvalue weighted by Crippen LogP contribution is -2.39. The smallest absolute Gasteiger partial charge is 0.385 e. The van der Waals surface area contributed by atoms with Crippen LogP contribution in [0, 0.1) is 5.92 Å². The Kier molecular flexibility index (Phi) is 7.00. The molecule has 4 nitrogen and oxygen atoms in total. The summed E-state index contributed by atoms with van der Waals surface area (Å²) in [5.41, 5.74) is 0.839. The van der Waals surface area contributed by atoms with Crippen LogP contribution in [0.1, 0.15) is 42.5 Å². The van der Waals surface area contributed by atoms with Gasteiger partial charge in [-0.1, -0.05) is 18.6 Å². The second-order valence-corrected chi connectivity index (χ2v) is 7.56.